The molecule has 4 N–H and O–H groups in total. The topological polar surface area (TPSA) is 131 Å². The van der Waals surface area contributed by atoms with E-state index in [1.807, 2.05) is 13.0 Å². The van der Waals surface area contributed by atoms with Gasteiger partial charge >= 0.3 is 5.97 Å². The maximum atomic E-state index is 12.9. The second-order valence-corrected chi connectivity index (χ2v) is 9.48. The van der Waals surface area contributed by atoms with Gasteiger partial charge in [0.1, 0.15) is 0 Å². The molecule has 0 bridgehead atoms. The third kappa shape index (κ3) is 4.52. The summed E-state index contributed by atoms with van der Waals surface area (Å²) in [5.74, 6) is -1.18. The Balaban J connectivity index is 1.65. The number of nitrogens with two attached hydrogens (primary N) is 1. The van der Waals surface area contributed by atoms with E-state index in [1.165, 1.54) is 6.20 Å². The Morgan fingerprint density at radius 3 is 2.85 bits per heavy atom. The Hall–Kier alpha value is -3.14. The van der Waals surface area contributed by atoms with Crippen molar-refractivity contribution in [1.82, 2.24) is 14.9 Å². The van der Waals surface area contributed by atoms with Crippen LogP contribution < -0.4 is 21.3 Å². The number of piperidine rings is 1. The summed E-state index contributed by atoms with van der Waals surface area (Å²) in [4.78, 5) is 38.5. The molecular weight excluding hydrogens is 424 g/mol. The number of anilines is 2. The molecule has 0 aromatic carbocycles. The van der Waals surface area contributed by atoms with Gasteiger partial charge in [0, 0.05) is 32.0 Å². The van der Waals surface area contributed by atoms with Crippen LogP contribution in [-0.2, 0) is 14.3 Å². The first-order chi connectivity index (χ1) is 15.7. The molecule has 178 valence electrons. The summed E-state index contributed by atoms with van der Waals surface area (Å²) in [6.45, 7) is 8.40. The van der Waals surface area contributed by atoms with E-state index in [-0.39, 0.29) is 23.3 Å². The third-order valence-electron chi connectivity index (χ3n) is 6.54. The van der Waals surface area contributed by atoms with Crippen LogP contribution in [0.25, 0.3) is 5.52 Å². The lowest BCUT2D eigenvalue weighted by Crippen LogP contribution is -2.50. The van der Waals surface area contributed by atoms with Gasteiger partial charge in [-0.1, -0.05) is 20.8 Å². The van der Waals surface area contributed by atoms with E-state index in [4.69, 9.17) is 10.5 Å². The van der Waals surface area contributed by atoms with Crippen LogP contribution in [0.1, 0.15) is 56.8 Å². The number of amides is 2. The zero-order valence-corrected chi connectivity index (χ0v) is 19.4. The molecule has 2 aromatic rings. The van der Waals surface area contributed by atoms with E-state index in [0.717, 1.165) is 19.5 Å². The minimum Gasteiger partial charge on any atom is -0.452 e. The van der Waals surface area contributed by atoms with Crippen LogP contribution >= 0.6 is 0 Å². The Morgan fingerprint density at radius 1 is 1.36 bits per heavy atom. The van der Waals surface area contributed by atoms with Crippen LogP contribution in [0.15, 0.2) is 18.5 Å². The molecule has 2 aliphatic rings. The molecule has 0 spiro atoms. The van der Waals surface area contributed by atoms with Crippen molar-refractivity contribution >= 4 is 34.7 Å². The highest BCUT2D eigenvalue weighted by molar-refractivity contribution is 6.04. The Labute approximate surface area is 192 Å². The van der Waals surface area contributed by atoms with Gasteiger partial charge in [-0.05, 0) is 30.9 Å². The van der Waals surface area contributed by atoms with Crippen molar-refractivity contribution in [3.05, 3.63) is 24.0 Å². The maximum Gasteiger partial charge on any atom is 0.306 e. The maximum absolute atomic E-state index is 12.9. The first-order valence-electron chi connectivity index (χ1n) is 11.5. The summed E-state index contributed by atoms with van der Waals surface area (Å²) >= 11 is 0. The molecule has 10 heteroatoms. The molecule has 4 heterocycles. The molecule has 4 rings (SSSR count). The monoisotopic (exact) mass is 456 g/mol. The van der Waals surface area contributed by atoms with E-state index in [0.29, 0.717) is 48.3 Å². The van der Waals surface area contributed by atoms with Crippen LogP contribution in [0.5, 0.6) is 0 Å². The van der Waals surface area contributed by atoms with Crippen LogP contribution in [-0.4, -0.2) is 59.2 Å². The zero-order chi connectivity index (χ0) is 23.8. The molecular formula is C23H32N6O4. The summed E-state index contributed by atoms with van der Waals surface area (Å²) in [7, 11) is 0. The van der Waals surface area contributed by atoms with Gasteiger partial charge in [-0.3, -0.25) is 14.4 Å². The van der Waals surface area contributed by atoms with Crippen molar-refractivity contribution in [2.24, 2.45) is 11.1 Å². The van der Waals surface area contributed by atoms with Gasteiger partial charge in [0.15, 0.2) is 6.10 Å². The minimum atomic E-state index is -0.769. The zero-order valence-electron chi connectivity index (χ0n) is 19.4. The van der Waals surface area contributed by atoms with Crippen molar-refractivity contribution in [3.63, 3.8) is 0 Å². The molecule has 2 aromatic heterocycles. The van der Waals surface area contributed by atoms with Crippen molar-refractivity contribution in [2.75, 3.05) is 29.9 Å². The Bertz CT molecular complexity index is 1080. The fourth-order valence-corrected chi connectivity index (χ4v) is 4.58. The van der Waals surface area contributed by atoms with Gasteiger partial charge in [-0.2, -0.15) is 5.10 Å². The highest BCUT2D eigenvalue weighted by Gasteiger charge is 2.37. The summed E-state index contributed by atoms with van der Waals surface area (Å²) < 4.78 is 7.00. The van der Waals surface area contributed by atoms with E-state index < -0.39 is 12.0 Å². The number of rotatable bonds is 7. The van der Waals surface area contributed by atoms with Crippen LogP contribution in [0.2, 0.25) is 0 Å². The van der Waals surface area contributed by atoms with E-state index in [1.54, 1.807) is 15.6 Å². The highest BCUT2D eigenvalue weighted by Crippen LogP contribution is 2.34. The molecule has 2 atom stereocenters. The van der Waals surface area contributed by atoms with Gasteiger partial charge in [0.25, 0.3) is 11.8 Å². The normalized spacial score (nSPS) is 22.5. The number of esters is 1. The van der Waals surface area contributed by atoms with Crippen molar-refractivity contribution < 1.29 is 19.1 Å². The SMILES string of the molecule is CCCC(=O)O[C@H]1CCN(c2cc3c(N[C@@H]4CCNCC4(C)C)c(C(N)=O)cnn3c2)C1=O. The van der Waals surface area contributed by atoms with Gasteiger partial charge in [-0.15, -0.1) is 0 Å². The smallest absolute Gasteiger partial charge is 0.306 e. The number of carbonyl (C=O) groups is 3. The number of primary amides is 1. The standard InChI is InChI=1S/C23H32N6O4/c1-4-5-19(30)33-17-7-9-28(22(17)32)14-10-16-20(15(21(24)31)11-26-29(16)12-14)27-18-6-8-25-13-23(18,2)3/h10-12,17-18,25,27H,4-9,13H2,1-3H3,(H2,24,31)/t17-,18+/m0/s1. The van der Waals surface area contributed by atoms with Gasteiger partial charge in [0.2, 0.25) is 0 Å². The molecule has 2 saturated heterocycles. The lowest BCUT2D eigenvalue weighted by Gasteiger charge is -2.40. The van der Waals surface area contributed by atoms with Crippen molar-refractivity contribution in [2.45, 2.75) is 58.6 Å². The number of ether oxygens (including phenoxy) is 1. The average Bonchev–Trinajstić information content (AvgIpc) is 3.33. The van der Waals surface area contributed by atoms with Gasteiger partial charge < -0.3 is 26.0 Å². The van der Waals surface area contributed by atoms with Crippen molar-refractivity contribution in [1.29, 1.82) is 0 Å². The summed E-state index contributed by atoms with van der Waals surface area (Å²) in [6, 6.07) is 1.95. The largest absolute Gasteiger partial charge is 0.452 e. The van der Waals surface area contributed by atoms with Crippen LogP contribution in [0.4, 0.5) is 11.4 Å². The molecule has 2 aliphatic heterocycles. The van der Waals surface area contributed by atoms with Crippen LogP contribution in [0, 0.1) is 5.41 Å². The number of carbonyl (C=O) groups excluding carboxylic acids is 3. The second kappa shape index (κ2) is 9.01. The molecule has 10 nitrogen and oxygen atoms in total. The number of nitrogens with one attached hydrogen (secondary N) is 2. The number of aromatic nitrogens is 2. The minimum absolute atomic E-state index is 0.0383. The molecule has 2 fully saturated rings. The molecule has 0 unspecified atom stereocenters. The van der Waals surface area contributed by atoms with Crippen molar-refractivity contribution in [3.8, 4) is 0 Å². The molecule has 0 radical (unpaired) electrons. The number of nitrogens with zero attached hydrogens (tertiary/aromatic N) is 3. The predicted molar refractivity (Wildman–Crippen MR) is 124 cm³/mol. The second-order valence-electron chi connectivity index (χ2n) is 9.48. The Morgan fingerprint density at radius 2 is 2.15 bits per heavy atom. The fraction of sp³-hybridized carbons (Fsp3) is 0.565. The van der Waals surface area contributed by atoms with E-state index >= 15 is 0 Å². The highest BCUT2D eigenvalue weighted by atomic mass is 16.5. The fourth-order valence-electron chi connectivity index (χ4n) is 4.58. The predicted octanol–water partition coefficient (Wildman–Crippen LogP) is 1.68. The first-order valence-corrected chi connectivity index (χ1v) is 11.5. The third-order valence-corrected chi connectivity index (χ3v) is 6.54. The van der Waals surface area contributed by atoms with E-state index in [9.17, 15) is 14.4 Å². The molecule has 33 heavy (non-hydrogen) atoms. The Kier molecular flexibility index (Phi) is 6.29. The number of hydrogen-bond acceptors (Lipinski definition) is 7. The molecule has 0 saturated carbocycles. The average molecular weight is 457 g/mol. The lowest BCUT2D eigenvalue weighted by atomic mass is 9.80. The van der Waals surface area contributed by atoms with E-state index in [2.05, 4.69) is 29.6 Å². The van der Waals surface area contributed by atoms with Gasteiger partial charge in [0.05, 0.1) is 34.8 Å². The quantitative estimate of drug-likeness (QED) is 0.540. The first kappa shape index (κ1) is 23.0. The molecule has 2 amide bonds. The summed E-state index contributed by atoms with van der Waals surface area (Å²) in [5, 5.41) is 11.3. The lowest BCUT2D eigenvalue weighted by molar-refractivity contribution is -0.153. The van der Waals surface area contributed by atoms with Crippen LogP contribution in [0.3, 0.4) is 0 Å². The number of hydrogen-bond donors (Lipinski definition) is 3. The van der Waals surface area contributed by atoms with Gasteiger partial charge in [-0.25, -0.2) is 4.52 Å². The number of fused-ring (bicyclic) bond motifs is 1. The summed E-state index contributed by atoms with van der Waals surface area (Å²) in [5.41, 5.74) is 7.84. The molecule has 0 aliphatic carbocycles. The summed E-state index contributed by atoms with van der Waals surface area (Å²) in [6.07, 6.45) is 4.73.